The maximum absolute atomic E-state index is 6.55. The molecule has 2 aromatic carbocycles. The number of hydrogen-bond donors (Lipinski definition) is 0. The molecule has 0 aliphatic heterocycles. The summed E-state index contributed by atoms with van der Waals surface area (Å²) in [6.07, 6.45) is 17.1. The van der Waals surface area contributed by atoms with Crippen LogP contribution in [-0.2, 0) is 6.42 Å². The van der Waals surface area contributed by atoms with Gasteiger partial charge in [0.1, 0.15) is 5.75 Å². The third-order valence-electron chi connectivity index (χ3n) is 6.43. The van der Waals surface area contributed by atoms with Crippen LogP contribution in [-0.4, -0.2) is 15.0 Å². The Bertz CT molecular complexity index is 982. The van der Waals surface area contributed by atoms with Crippen LogP contribution in [0.4, 0.5) is 0 Å². The van der Waals surface area contributed by atoms with Gasteiger partial charge in [0, 0.05) is 29.9 Å². The highest BCUT2D eigenvalue weighted by Gasteiger charge is 2.22. The number of aryl methyl sites for hydroxylation is 1. The third kappa shape index (κ3) is 9.29. The predicted octanol–water partition coefficient (Wildman–Crippen LogP) is 9.63. The Morgan fingerprint density at radius 3 is 1.91 bits per heavy atom. The van der Waals surface area contributed by atoms with Crippen LogP contribution >= 0.6 is 11.6 Å². The molecule has 0 radical (unpaired) electrons. The number of unbranched alkanes of at least 4 members (excludes halogenated alkanes) is 7. The summed E-state index contributed by atoms with van der Waals surface area (Å²) in [7, 11) is 0. The lowest BCUT2D eigenvalue weighted by Gasteiger charge is -2.24. The molecule has 1 heterocycles. The SMILES string of the molecule is CCCCCCCCc1ccc(-c2ncc(-c3ccc(O[C@](C)(Cl)CCCCC)cc3)cn2)cc1. The number of aromatic nitrogens is 2. The fraction of sp³-hybridized carbons (Fsp3) is 0.484. The first kappa shape index (κ1) is 27.2. The zero-order valence-corrected chi connectivity index (χ0v) is 22.5. The molecule has 0 aliphatic carbocycles. The summed E-state index contributed by atoms with van der Waals surface area (Å²) in [5.41, 5.74) is 4.48. The van der Waals surface area contributed by atoms with Crippen molar-refractivity contribution in [3.63, 3.8) is 0 Å². The van der Waals surface area contributed by atoms with Crippen molar-refractivity contribution in [1.82, 2.24) is 9.97 Å². The molecular formula is C31H41ClN2O. The smallest absolute Gasteiger partial charge is 0.179 e. The molecule has 0 fully saturated rings. The average molecular weight is 493 g/mol. The Morgan fingerprint density at radius 1 is 0.686 bits per heavy atom. The quantitative estimate of drug-likeness (QED) is 0.156. The van der Waals surface area contributed by atoms with Crippen LogP contribution in [0.1, 0.15) is 90.5 Å². The van der Waals surface area contributed by atoms with Gasteiger partial charge in [-0.05, 0) is 49.4 Å². The molecular weight excluding hydrogens is 452 g/mol. The van der Waals surface area contributed by atoms with Gasteiger partial charge in [0.2, 0.25) is 0 Å². The Balaban J connectivity index is 1.53. The Morgan fingerprint density at radius 2 is 1.26 bits per heavy atom. The van der Waals surface area contributed by atoms with Gasteiger partial charge in [-0.25, -0.2) is 9.97 Å². The van der Waals surface area contributed by atoms with E-state index in [2.05, 4.69) is 48.1 Å². The van der Waals surface area contributed by atoms with E-state index in [-0.39, 0.29) is 0 Å². The summed E-state index contributed by atoms with van der Waals surface area (Å²) in [5.74, 6) is 1.53. The van der Waals surface area contributed by atoms with Crippen LogP contribution in [0.15, 0.2) is 60.9 Å². The van der Waals surface area contributed by atoms with E-state index in [9.17, 15) is 0 Å². The van der Waals surface area contributed by atoms with Gasteiger partial charge in [-0.3, -0.25) is 0 Å². The zero-order chi connectivity index (χ0) is 24.9. The fourth-order valence-corrected chi connectivity index (χ4v) is 4.48. The van der Waals surface area contributed by atoms with Gasteiger partial charge in [0.25, 0.3) is 0 Å². The van der Waals surface area contributed by atoms with E-state index in [0.717, 1.165) is 47.5 Å². The van der Waals surface area contributed by atoms with Crippen molar-refractivity contribution in [2.24, 2.45) is 0 Å². The summed E-state index contributed by atoms with van der Waals surface area (Å²) in [4.78, 5) is 9.24. The zero-order valence-electron chi connectivity index (χ0n) is 21.7. The molecule has 0 N–H and O–H groups in total. The van der Waals surface area contributed by atoms with Crippen LogP contribution in [0.2, 0.25) is 0 Å². The minimum absolute atomic E-state index is 0.675. The van der Waals surface area contributed by atoms with E-state index in [0.29, 0.717) is 0 Å². The number of alkyl halides is 1. The van der Waals surface area contributed by atoms with E-state index in [1.165, 1.54) is 56.9 Å². The normalized spacial score (nSPS) is 12.9. The molecule has 1 aromatic heterocycles. The monoisotopic (exact) mass is 492 g/mol. The topological polar surface area (TPSA) is 35.0 Å². The maximum atomic E-state index is 6.55. The molecule has 188 valence electrons. The molecule has 0 saturated heterocycles. The lowest BCUT2D eigenvalue weighted by molar-refractivity contribution is 0.163. The van der Waals surface area contributed by atoms with E-state index in [4.69, 9.17) is 16.3 Å². The minimum Gasteiger partial charge on any atom is -0.472 e. The number of hydrogen-bond acceptors (Lipinski definition) is 3. The third-order valence-corrected chi connectivity index (χ3v) is 6.69. The highest BCUT2D eigenvalue weighted by atomic mass is 35.5. The average Bonchev–Trinajstić information content (AvgIpc) is 2.87. The van der Waals surface area contributed by atoms with Gasteiger partial charge in [0.15, 0.2) is 10.9 Å². The first-order valence-electron chi connectivity index (χ1n) is 13.4. The first-order valence-corrected chi connectivity index (χ1v) is 13.8. The lowest BCUT2D eigenvalue weighted by atomic mass is 10.0. The van der Waals surface area contributed by atoms with Crippen molar-refractivity contribution in [2.45, 2.75) is 96.5 Å². The van der Waals surface area contributed by atoms with Crippen molar-refractivity contribution in [2.75, 3.05) is 0 Å². The van der Waals surface area contributed by atoms with Gasteiger partial charge in [-0.1, -0.05) is 107 Å². The summed E-state index contributed by atoms with van der Waals surface area (Å²) >= 11 is 6.55. The fourth-order valence-electron chi connectivity index (χ4n) is 4.26. The first-order chi connectivity index (χ1) is 17.0. The summed E-state index contributed by atoms with van der Waals surface area (Å²) in [6.45, 7) is 6.39. The summed E-state index contributed by atoms with van der Waals surface area (Å²) < 4.78 is 6.01. The van der Waals surface area contributed by atoms with Gasteiger partial charge in [0.05, 0.1) is 0 Å². The maximum Gasteiger partial charge on any atom is 0.179 e. The summed E-state index contributed by atoms with van der Waals surface area (Å²) in [6, 6.07) is 16.7. The van der Waals surface area contributed by atoms with E-state index >= 15 is 0 Å². The van der Waals surface area contributed by atoms with Crippen molar-refractivity contribution >= 4 is 11.6 Å². The molecule has 0 amide bonds. The number of halogens is 1. The molecule has 0 aliphatic rings. The van der Waals surface area contributed by atoms with Crippen LogP contribution in [0.25, 0.3) is 22.5 Å². The van der Waals surface area contributed by atoms with E-state index in [1.807, 2.05) is 43.6 Å². The summed E-state index contributed by atoms with van der Waals surface area (Å²) in [5, 5.41) is -0.675. The largest absolute Gasteiger partial charge is 0.472 e. The molecule has 1 atom stereocenters. The van der Waals surface area contributed by atoms with Crippen molar-refractivity contribution < 1.29 is 4.74 Å². The molecule has 3 nitrogen and oxygen atoms in total. The van der Waals surface area contributed by atoms with E-state index < -0.39 is 5.06 Å². The Labute approximate surface area is 217 Å². The standard InChI is InChI=1S/C31H41ClN2O/c1-4-6-8-9-10-11-13-25-14-16-27(17-15-25)30-33-23-28(24-34-30)26-18-20-29(21-19-26)35-31(3,32)22-12-7-5-2/h14-21,23-24H,4-13,22H2,1-3H3/t31-/m0/s1. The van der Waals surface area contributed by atoms with Crippen molar-refractivity contribution in [1.29, 1.82) is 0 Å². The molecule has 4 heteroatoms. The number of rotatable bonds is 15. The van der Waals surface area contributed by atoms with Crippen LogP contribution in [0.5, 0.6) is 5.75 Å². The molecule has 35 heavy (non-hydrogen) atoms. The molecule has 0 saturated carbocycles. The molecule has 0 unspecified atom stereocenters. The van der Waals surface area contributed by atoms with Crippen LogP contribution < -0.4 is 4.74 Å². The second-order valence-electron chi connectivity index (χ2n) is 9.70. The lowest BCUT2D eigenvalue weighted by Crippen LogP contribution is -2.24. The highest BCUT2D eigenvalue weighted by Crippen LogP contribution is 2.29. The van der Waals surface area contributed by atoms with Crippen molar-refractivity contribution in [3.8, 4) is 28.3 Å². The number of ether oxygens (including phenoxy) is 1. The molecule has 3 aromatic rings. The van der Waals surface area contributed by atoms with Crippen LogP contribution in [0.3, 0.4) is 0 Å². The Kier molecular flexibility index (Phi) is 11.1. The number of nitrogens with zero attached hydrogens (tertiary/aromatic N) is 2. The van der Waals surface area contributed by atoms with Gasteiger partial charge in [-0.15, -0.1) is 0 Å². The second kappa shape index (κ2) is 14.2. The molecule has 3 rings (SSSR count). The van der Waals surface area contributed by atoms with Gasteiger partial charge in [-0.2, -0.15) is 0 Å². The second-order valence-corrected chi connectivity index (χ2v) is 10.5. The van der Waals surface area contributed by atoms with Crippen LogP contribution in [0, 0.1) is 0 Å². The van der Waals surface area contributed by atoms with Gasteiger partial charge < -0.3 is 4.74 Å². The predicted molar refractivity (Wildman–Crippen MR) is 149 cm³/mol. The molecule has 0 bridgehead atoms. The number of benzene rings is 2. The highest BCUT2D eigenvalue weighted by molar-refractivity contribution is 6.22. The minimum atomic E-state index is -0.675. The van der Waals surface area contributed by atoms with E-state index in [1.54, 1.807) is 0 Å². The van der Waals surface area contributed by atoms with Crippen molar-refractivity contribution in [3.05, 3.63) is 66.5 Å². The molecule has 0 spiro atoms. The van der Waals surface area contributed by atoms with Gasteiger partial charge >= 0.3 is 0 Å². The Hall–Kier alpha value is -2.39.